The molecule has 3 aliphatic rings. The number of aromatic amines is 2. The highest BCUT2D eigenvalue weighted by Crippen LogP contribution is 2.55. The Morgan fingerprint density at radius 2 is 1.35 bits per heavy atom. The number of fused-ring (bicyclic) bond motifs is 5. The van der Waals surface area contributed by atoms with Crippen molar-refractivity contribution in [2.45, 2.75) is 74.4 Å². The van der Waals surface area contributed by atoms with Gasteiger partial charge in [-0.05, 0) is 65.6 Å². The number of hydrogen-bond donors (Lipinski definition) is 2. The van der Waals surface area contributed by atoms with Crippen LogP contribution in [0.1, 0.15) is 48.1 Å². The lowest BCUT2D eigenvalue weighted by molar-refractivity contribution is -0.154. The van der Waals surface area contributed by atoms with E-state index < -0.39 is 96.5 Å². The van der Waals surface area contributed by atoms with Gasteiger partial charge in [0.25, 0.3) is 11.1 Å². The van der Waals surface area contributed by atoms with E-state index in [1.807, 2.05) is 78.9 Å². The van der Waals surface area contributed by atoms with E-state index >= 15 is 0 Å². The summed E-state index contributed by atoms with van der Waals surface area (Å²) >= 11 is 6.17. The van der Waals surface area contributed by atoms with Crippen LogP contribution >= 0.6 is 6.72 Å². The SMILES string of the molecule is COc1ccc(C(OC[C@H]2O[C@@H](n3ccc(=O)[nH]c3=O)[C@H](OC)[C@@H]2OP2(=S)OCCCc3cn(c(=O)[nH]c3=O)[C@@H]3O[C@H](CO2)[C@@H](OC(C)=O)[C@H]3OC)(c2ccccc2)c2ccc(OC)cc2)cc1. The van der Waals surface area contributed by atoms with Crippen molar-refractivity contribution in [1.82, 2.24) is 19.1 Å². The maximum Gasteiger partial charge on any atom is 0.330 e. The molecule has 2 saturated heterocycles. The van der Waals surface area contributed by atoms with E-state index in [-0.39, 0.29) is 31.6 Å². The molecule has 2 fully saturated rings. The molecule has 20 nitrogen and oxygen atoms in total. The number of benzene rings is 3. The molecule has 0 saturated carbocycles. The lowest BCUT2D eigenvalue weighted by Crippen LogP contribution is -2.42. The second-order valence-electron chi connectivity index (χ2n) is 16.0. The fraction of sp³-hybridized carbons (Fsp3) is 0.413. The van der Waals surface area contributed by atoms with E-state index in [1.165, 1.54) is 48.7 Å². The van der Waals surface area contributed by atoms with Gasteiger partial charge in [0, 0.05) is 45.2 Å². The van der Waals surface area contributed by atoms with Crippen LogP contribution in [0.5, 0.6) is 11.5 Å². The third kappa shape index (κ3) is 9.95. The van der Waals surface area contributed by atoms with E-state index in [4.69, 9.17) is 63.3 Å². The molecule has 1 unspecified atom stereocenters. The van der Waals surface area contributed by atoms with Crippen molar-refractivity contribution in [3.05, 3.63) is 161 Å². The smallest absolute Gasteiger partial charge is 0.330 e. The Bertz CT molecular complexity index is 2790. The highest BCUT2D eigenvalue weighted by atomic mass is 32.5. The summed E-state index contributed by atoms with van der Waals surface area (Å²) in [5.41, 5.74) is -1.71. The molecular weight excluding hydrogens is 928 g/mol. The molecule has 0 aliphatic carbocycles. The third-order valence-electron chi connectivity index (χ3n) is 12.0. The molecule has 22 heteroatoms. The Morgan fingerprint density at radius 3 is 1.96 bits per heavy atom. The zero-order valence-corrected chi connectivity index (χ0v) is 39.4. The molecule has 0 radical (unpaired) electrons. The van der Waals surface area contributed by atoms with Gasteiger partial charge >= 0.3 is 24.1 Å². The first-order chi connectivity index (χ1) is 32.8. The molecule has 2 N–H and O–H groups in total. The maximum atomic E-state index is 13.4. The van der Waals surface area contributed by atoms with Crippen molar-refractivity contribution in [3.8, 4) is 11.5 Å². The highest BCUT2D eigenvalue weighted by molar-refractivity contribution is 8.07. The summed E-state index contributed by atoms with van der Waals surface area (Å²) in [7, 11) is 5.92. The maximum absolute atomic E-state index is 13.4. The molecule has 5 aromatic rings. The number of aromatic nitrogens is 4. The molecule has 9 atom stereocenters. The van der Waals surface area contributed by atoms with Crippen LogP contribution in [0.4, 0.5) is 0 Å². The first kappa shape index (κ1) is 48.9. The van der Waals surface area contributed by atoms with E-state index in [0.717, 1.165) is 5.56 Å². The number of methoxy groups -OCH3 is 4. The first-order valence-corrected chi connectivity index (χ1v) is 24.1. The summed E-state index contributed by atoms with van der Waals surface area (Å²) < 4.78 is 70.8. The quantitative estimate of drug-likeness (QED) is 0.0923. The van der Waals surface area contributed by atoms with Crippen molar-refractivity contribution in [3.63, 3.8) is 0 Å². The van der Waals surface area contributed by atoms with Gasteiger partial charge in [-0.15, -0.1) is 0 Å². The number of carbonyl (C=O) groups excluding carboxylic acids is 1. The minimum atomic E-state index is -4.00. The lowest BCUT2D eigenvalue weighted by atomic mass is 9.80. The number of rotatable bonds is 14. The molecule has 0 amide bonds. The summed E-state index contributed by atoms with van der Waals surface area (Å²) in [6.45, 7) is -3.51. The molecule has 362 valence electrons. The van der Waals surface area contributed by atoms with Crippen LogP contribution in [-0.2, 0) is 70.6 Å². The number of nitrogens with one attached hydrogen (secondary N) is 2. The predicted molar refractivity (Wildman–Crippen MR) is 245 cm³/mol. The van der Waals surface area contributed by atoms with Crippen LogP contribution in [0.25, 0.3) is 0 Å². The lowest BCUT2D eigenvalue weighted by Gasteiger charge is -2.37. The van der Waals surface area contributed by atoms with Crippen molar-refractivity contribution in [2.75, 3.05) is 48.3 Å². The normalized spacial score (nSPS) is 26.2. The van der Waals surface area contributed by atoms with Crippen molar-refractivity contribution >= 4 is 24.5 Å². The molecule has 2 aromatic heterocycles. The number of hydrogen-bond acceptors (Lipinski definition) is 17. The Labute approximate surface area is 394 Å². The van der Waals surface area contributed by atoms with Gasteiger partial charge in [-0.3, -0.25) is 38.0 Å². The van der Waals surface area contributed by atoms with Crippen molar-refractivity contribution < 1.29 is 56.3 Å². The van der Waals surface area contributed by atoms with Gasteiger partial charge in [0.05, 0.1) is 34.0 Å². The van der Waals surface area contributed by atoms with Gasteiger partial charge in [-0.25, -0.2) is 9.59 Å². The average Bonchev–Trinajstić information content (AvgIpc) is 3.86. The Balaban J connectivity index is 1.20. The fourth-order valence-corrected chi connectivity index (χ4v) is 10.9. The zero-order chi connectivity index (χ0) is 48.2. The van der Waals surface area contributed by atoms with Crippen LogP contribution in [0.2, 0.25) is 0 Å². The van der Waals surface area contributed by atoms with E-state index in [1.54, 1.807) is 14.2 Å². The molecule has 3 aromatic carbocycles. The summed E-state index contributed by atoms with van der Waals surface area (Å²) in [5.74, 6) is 0.571. The standard InChI is InChI=1S/C46H51N4O16PS/c1-27(51)63-37-35-26-62-67(68,61-23-9-10-28-24-50(45(55)48-41(28)53)43(65-35)39(37)58-4)66-38-34(64-42(40(38)59-5)49-22-21-36(52)47-44(49)54)25-60-46(29-11-7-6-8-12-29,30-13-17-32(56-2)18-14-30)31-15-19-33(57-3)20-16-31/h6-8,11-22,24,34-35,37-40,42-43H,9-10,23,25-26H2,1-5H3,(H,47,52,54)(H,48,53,55)/t34-,35-,37-,38-,39-,40-,42-,43-,67?/m1/s1. The number of nitrogens with zero attached hydrogens (tertiary/aromatic N) is 2. The van der Waals surface area contributed by atoms with Gasteiger partial charge in [0.2, 0.25) is 0 Å². The van der Waals surface area contributed by atoms with Crippen LogP contribution in [0.3, 0.4) is 0 Å². The Morgan fingerprint density at radius 1 is 0.750 bits per heavy atom. The largest absolute Gasteiger partial charge is 0.497 e. The van der Waals surface area contributed by atoms with E-state index in [9.17, 15) is 24.0 Å². The van der Waals surface area contributed by atoms with Crippen LogP contribution in [0, 0.1) is 0 Å². The molecule has 3 aliphatic heterocycles. The van der Waals surface area contributed by atoms with Gasteiger partial charge in [-0.1, -0.05) is 54.6 Å². The molecule has 5 heterocycles. The molecular formula is C46H51N4O16PS. The Kier molecular flexibility index (Phi) is 15.1. The van der Waals surface area contributed by atoms with Gasteiger partial charge < -0.3 is 46.9 Å². The molecule has 0 spiro atoms. The number of aryl methyl sites for hydroxylation is 1. The molecule has 68 heavy (non-hydrogen) atoms. The minimum absolute atomic E-state index is 0.0832. The summed E-state index contributed by atoms with van der Waals surface area (Å²) in [6.07, 6.45) is -6.07. The average molecular weight is 979 g/mol. The minimum Gasteiger partial charge on any atom is -0.497 e. The third-order valence-corrected chi connectivity index (χ3v) is 14.3. The van der Waals surface area contributed by atoms with Gasteiger partial charge in [0.1, 0.15) is 47.6 Å². The number of carbonyl (C=O) groups is 1. The molecule has 4 bridgehead atoms. The van der Waals surface area contributed by atoms with Gasteiger partial charge in [-0.2, -0.15) is 0 Å². The highest BCUT2D eigenvalue weighted by Gasteiger charge is 2.53. The summed E-state index contributed by atoms with van der Waals surface area (Å²) in [6, 6.07) is 25.6. The number of esters is 1. The number of H-pyrrole nitrogens is 2. The zero-order valence-electron chi connectivity index (χ0n) is 37.7. The summed E-state index contributed by atoms with van der Waals surface area (Å²) in [5, 5.41) is 0. The van der Waals surface area contributed by atoms with Crippen LogP contribution in [0.15, 0.2) is 117 Å². The second-order valence-corrected chi connectivity index (χ2v) is 19.0. The number of ether oxygens (including phenoxy) is 8. The van der Waals surface area contributed by atoms with Crippen molar-refractivity contribution in [1.29, 1.82) is 0 Å². The van der Waals surface area contributed by atoms with Gasteiger partial charge in [0.15, 0.2) is 18.6 Å². The second kappa shape index (κ2) is 21.0. The summed E-state index contributed by atoms with van der Waals surface area (Å²) in [4.78, 5) is 68.9. The van der Waals surface area contributed by atoms with E-state index in [0.29, 0.717) is 22.6 Å². The Hall–Kier alpha value is -5.58. The predicted octanol–water partition coefficient (Wildman–Crippen LogP) is 3.46. The monoisotopic (exact) mass is 978 g/mol. The topological polar surface area (TPSA) is 228 Å². The first-order valence-electron chi connectivity index (χ1n) is 21.6. The van der Waals surface area contributed by atoms with Crippen LogP contribution in [-0.4, -0.2) is 110 Å². The van der Waals surface area contributed by atoms with E-state index in [2.05, 4.69) is 9.97 Å². The molecule has 8 rings (SSSR count). The van der Waals surface area contributed by atoms with Crippen LogP contribution < -0.4 is 32.0 Å². The fourth-order valence-electron chi connectivity index (χ4n) is 8.75. The van der Waals surface area contributed by atoms with Crippen molar-refractivity contribution in [2.24, 2.45) is 0 Å².